The Morgan fingerprint density at radius 2 is 2.05 bits per heavy atom. The summed E-state index contributed by atoms with van der Waals surface area (Å²) in [5, 5.41) is 0. The molecule has 1 aromatic heterocycles. The van der Waals surface area contributed by atoms with Crippen LogP contribution in [0.1, 0.15) is 55.1 Å². The average molecular weight is 312 g/mol. The second-order valence-corrected chi connectivity index (χ2v) is 7.85. The number of likely N-dealkylation sites (tertiary alicyclic amines) is 1. The first-order chi connectivity index (χ1) is 9.66. The van der Waals surface area contributed by atoms with Gasteiger partial charge in [-0.1, -0.05) is 24.4 Å². The summed E-state index contributed by atoms with van der Waals surface area (Å²) >= 11 is 7.36. The molecule has 1 saturated heterocycles. The summed E-state index contributed by atoms with van der Waals surface area (Å²) in [6.45, 7) is 3.15. The van der Waals surface area contributed by atoms with Crippen molar-refractivity contribution in [2.24, 2.45) is 5.92 Å². The Balaban J connectivity index is 1.71. The summed E-state index contributed by atoms with van der Waals surface area (Å²) in [6, 6.07) is 4.32. The van der Waals surface area contributed by atoms with Gasteiger partial charge in [0.2, 0.25) is 0 Å². The maximum absolute atomic E-state index is 12.6. The Morgan fingerprint density at radius 1 is 1.30 bits per heavy atom. The standard InChI is InChI=1S/C16H22ClNOS/c1-11(16(19)14-8-9-15(17)20-14)18-10-4-7-13(18)12-5-2-3-6-12/h8-9,11-13H,2-7,10H2,1H3. The molecule has 1 aromatic rings. The van der Waals surface area contributed by atoms with E-state index in [9.17, 15) is 4.79 Å². The van der Waals surface area contributed by atoms with E-state index in [1.807, 2.05) is 12.1 Å². The normalized spacial score (nSPS) is 26.2. The van der Waals surface area contributed by atoms with Gasteiger partial charge in [0, 0.05) is 6.04 Å². The van der Waals surface area contributed by atoms with Crippen molar-refractivity contribution in [2.45, 2.75) is 57.5 Å². The Labute approximate surface area is 130 Å². The van der Waals surface area contributed by atoms with E-state index in [1.165, 1.54) is 49.9 Å². The predicted octanol–water partition coefficient (Wildman–Crippen LogP) is 4.63. The van der Waals surface area contributed by atoms with E-state index < -0.39 is 0 Å². The minimum absolute atomic E-state index is 0.00202. The Morgan fingerprint density at radius 3 is 2.70 bits per heavy atom. The van der Waals surface area contributed by atoms with Crippen LogP contribution in [-0.2, 0) is 0 Å². The maximum Gasteiger partial charge on any atom is 0.189 e. The third kappa shape index (κ3) is 2.81. The average Bonchev–Trinajstić information content (AvgIpc) is 3.16. The molecular weight excluding hydrogens is 290 g/mol. The highest BCUT2D eigenvalue weighted by molar-refractivity contribution is 7.18. The highest BCUT2D eigenvalue weighted by Crippen LogP contribution is 2.37. The molecule has 0 N–H and O–H groups in total. The van der Waals surface area contributed by atoms with Gasteiger partial charge < -0.3 is 0 Å². The number of nitrogens with zero attached hydrogens (tertiary/aromatic N) is 1. The molecule has 110 valence electrons. The molecular formula is C16H22ClNOS. The van der Waals surface area contributed by atoms with Gasteiger partial charge in [0.15, 0.2) is 5.78 Å². The molecule has 2 heterocycles. The number of halogens is 1. The van der Waals surface area contributed by atoms with Gasteiger partial charge in [-0.15, -0.1) is 11.3 Å². The molecule has 2 fully saturated rings. The Hall–Kier alpha value is -0.380. The molecule has 2 atom stereocenters. The monoisotopic (exact) mass is 311 g/mol. The zero-order valence-corrected chi connectivity index (χ0v) is 13.6. The minimum atomic E-state index is -0.00202. The number of rotatable bonds is 4. The highest BCUT2D eigenvalue weighted by Gasteiger charge is 2.37. The largest absolute Gasteiger partial charge is 0.291 e. The molecule has 0 spiro atoms. The van der Waals surface area contributed by atoms with Gasteiger partial charge in [-0.3, -0.25) is 9.69 Å². The lowest BCUT2D eigenvalue weighted by molar-refractivity contribution is 0.0775. The topological polar surface area (TPSA) is 20.3 Å². The first-order valence-corrected chi connectivity index (χ1v) is 8.91. The van der Waals surface area contributed by atoms with Crippen LogP contribution in [0.15, 0.2) is 12.1 Å². The zero-order chi connectivity index (χ0) is 14.1. The molecule has 1 aliphatic carbocycles. The van der Waals surface area contributed by atoms with Crippen molar-refractivity contribution >= 4 is 28.7 Å². The van der Waals surface area contributed by atoms with Crippen LogP contribution >= 0.6 is 22.9 Å². The zero-order valence-electron chi connectivity index (χ0n) is 12.0. The fraction of sp³-hybridized carbons (Fsp3) is 0.688. The van der Waals surface area contributed by atoms with E-state index in [2.05, 4.69) is 11.8 Å². The molecule has 0 amide bonds. The van der Waals surface area contributed by atoms with Gasteiger partial charge in [-0.25, -0.2) is 0 Å². The molecule has 1 aliphatic heterocycles. The summed E-state index contributed by atoms with van der Waals surface area (Å²) in [5.41, 5.74) is 0. The van der Waals surface area contributed by atoms with E-state index in [0.717, 1.165) is 17.3 Å². The lowest BCUT2D eigenvalue weighted by Crippen LogP contribution is -2.44. The number of carbonyl (C=O) groups is 1. The van der Waals surface area contributed by atoms with Crippen molar-refractivity contribution in [3.63, 3.8) is 0 Å². The van der Waals surface area contributed by atoms with Gasteiger partial charge in [0.1, 0.15) is 0 Å². The summed E-state index contributed by atoms with van der Waals surface area (Å²) in [7, 11) is 0. The molecule has 2 unspecified atom stereocenters. The van der Waals surface area contributed by atoms with E-state index in [4.69, 9.17) is 11.6 Å². The molecule has 3 rings (SSSR count). The van der Waals surface area contributed by atoms with Crippen molar-refractivity contribution in [3.8, 4) is 0 Å². The first-order valence-electron chi connectivity index (χ1n) is 7.72. The fourth-order valence-electron chi connectivity index (χ4n) is 3.95. The molecule has 0 radical (unpaired) electrons. The molecule has 0 bridgehead atoms. The smallest absolute Gasteiger partial charge is 0.189 e. The summed E-state index contributed by atoms with van der Waals surface area (Å²) in [5.74, 6) is 1.06. The number of hydrogen-bond donors (Lipinski definition) is 0. The van der Waals surface area contributed by atoms with Crippen molar-refractivity contribution < 1.29 is 4.79 Å². The number of carbonyl (C=O) groups excluding carboxylic acids is 1. The number of hydrogen-bond acceptors (Lipinski definition) is 3. The SMILES string of the molecule is CC(C(=O)c1ccc(Cl)s1)N1CCCC1C1CCCC1. The van der Waals surface area contributed by atoms with Crippen LogP contribution in [0.5, 0.6) is 0 Å². The molecule has 2 aliphatic rings. The third-order valence-corrected chi connectivity index (χ3v) is 6.22. The van der Waals surface area contributed by atoms with Gasteiger partial charge in [0.25, 0.3) is 0 Å². The van der Waals surface area contributed by atoms with Crippen LogP contribution in [0, 0.1) is 5.92 Å². The van der Waals surface area contributed by atoms with E-state index >= 15 is 0 Å². The highest BCUT2D eigenvalue weighted by atomic mass is 35.5. The minimum Gasteiger partial charge on any atom is -0.291 e. The van der Waals surface area contributed by atoms with E-state index in [0.29, 0.717) is 10.4 Å². The molecule has 20 heavy (non-hydrogen) atoms. The molecule has 0 aromatic carbocycles. The van der Waals surface area contributed by atoms with Crippen LogP contribution in [0.2, 0.25) is 4.34 Å². The predicted molar refractivity (Wildman–Crippen MR) is 84.8 cm³/mol. The Bertz CT molecular complexity index is 481. The van der Waals surface area contributed by atoms with Crippen molar-refractivity contribution in [1.29, 1.82) is 0 Å². The Kier molecular flexibility index (Phi) is 4.49. The van der Waals surface area contributed by atoms with Crippen LogP contribution in [-0.4, -0.2) is 29.3 Å². The second-order valence-electron chi connectivity index (χ2n) is 6.14. The van der Waals surface area contributed by atoms with Crippen molar-refractivity contribution in [3.05, 3.63) is 21.3 Å². The summed E-state index contributed by atoms with van der Waals surface area (Å²) in [4.78, 5) is 15.9. The fourth-order valence-corrected chi connectivity index (χ4v) is 5.01. The van der Waals surface area contributed by atoms with Crippen molar-refractivity contribution in [1.82, 2.24) is 4.90 Å². The van der Waals surface area contributed by atoms with Gasteiger partial charge in [-0.2, -0.15) is 0 Å². The van der Waals surface area contributed by atoms with Crippen LogP contribution in [0.3, 0.4) is 0 Å². The van der Waals surface area contributed by atoms with E-state index in [-0.39, 0.29) is 11.8 Å². The van der Waals surface area contributed by atoms with Crippen LogP contribution < -0.4 is 0 Å². The lowest BCUT2D eigenvalue weighted by atomic mass is 9.95. The van der Waals surface area contributed by atoms with Gasteiger partial charge >= 0.3 is 0 Å². The third-order valence-electron chi connectivity index (χ3n) is 4.98. The quantitative estimate of drug-likeness (QED) is 0.756. The first kappa shape index (κ1) is 14.6. The van der Waals surface area contributed by atoms with E-state index in [1.54, 1.807) is 0 Å². The molecule has 1 saturated carbocycles. The maximum atomic E-state index is 12.6. The summed E-state index contributed by atoms with van der Waals surface area (Å²) < 4.78 is 0.703. The van der Waals surface area contributed by atoms with Gasteiger partial charge in [-0.05, 0) is 57.2 Å². The van der Waals surface area contributed by atoms with Gasteiger partial charge in [0.05, 0.1) is 15.3 Å². The molecule has 4 heteroatoms. The van der Waals surface area contributed by atoms with Crippen molar-refractivity contribution in [2.75, 3.05) is 6.54 Å². The van der Waals surface area contributed by atoms with Crippen LogP contribution in [0.4, 0.5) is 0 Å². The summed E-state index contributed by atoms with van der Waals surface area (Å²) in [6.07, 6.45) is 7.97. The number of Topliss-reactive ketones (excluding diaryl/α,β-unsaturated/α-hetero) is 1. The number of thiophene rings is 1. The second kappa shape index (κ2) is 6.17. The number of ketones is 1. The lowest BCUT2D eigenvalue weighted by Gasteiger charge is -2.33. The molecule has 2 nitrogen and oxygen atoms in total. The van der Waals surface area contributed by atoms with Crippen LogP contribution in [0.25, 0.3) is 0 Å².